The smallest absolute Gasteiger partial charge is 0.598 e. The summed E-state index contributed by atoms with van der Waals surface area (Å²) in [6, 6.07) is 15.1. The lowest BCUT2D eigenvalue weighted by Gasteiger charge is -2.29. The van der Waals surface area contributed by atoms with Crippen LogP contribution in [0.15, 0.2) is 54.6 Å². The Morgan fingerprint density at radius 1 is 0.765 bits per heavy atom. The van der Waals surface area contributed by atoms with Crippen molar-refractivity contribution in [1.29, 1.82) is 0 Å². The monoisotopic (exact) mass is 511 g/mol. The largest absolute Gasteiger partial charge is 0.834 e. The van der Waals surface area contributed by atoms with E-state index in [2.05, 4.69) is 39.8 Å². The molecule has 5 rings (SSSR count). The predicted octanol–water partition coefficient (Wildman–Crippen LogP) is 8.99. The van der Waals surface area contributed by atoms with Crippen molar-refractivity contribution in [2.45, 2.75) is 34.6 Å². The number of hydrogen-bond donors (Lipinski definition) is 0. The van der Waals surface area contributed by atoms with Gasteiger partial charge in [-0.05, 0) is 51.5 Å². The first-order valence-corrected chi connectivity index (χ1v) is 13.5. The van der Waals surface area contributed by atoms with E-state index in [-0.39, 0.29) is 5.76 Å². The fourth-order valence-corrected chi connectivity index (χ4v) is 7.64. The van der Waals surface area contributed by atoms with Gasteiger partial charge in [-0.15, -0.1) is 34.0 Å². The summed E-state index contributed by atoms with van der Waals surface area (Å²) in [6.45, 7) is 10.1. The molecule has 1 aliphatic rings. The van der Waals surface area contributed by atoms with Crippen LogP contribution in [0.25, 0.3) is 27.3 Å². The molecule has 8 heteroatoms. The zero-order valence-electron chi connectivity index (χ0n) is 19.6. The molecule has 0 unspecified atom stereocenters. The van der Waals surface area contributed by atoms with Crippen LogP contribution in [0.1, 0.15) is 31.3 Å². The molecular formula is C26H24BF2NOS3. The second-order valence-corrected chi connectivity index (χ2v) is 12.5. The van der Waals surface area contributed by atoms with E-state index in [0.29, 0.717) is 16.3 Å². The zero-order valence-corrected chi connectivity index (χ0v) is 22.1. The van der Waals surface area contributed by atoms with Crippen molar-refractivity contribution in [2.24, 2.45) is 0 Å². The molecule has 1 aliphatic heterocycles. The van der Waals surface area contributed by atoms with Gasteiger partial charge in [-0.2, -0.15) is 0 Å². The first kappa shape index (κ1) is 23.2. The second-order valence-electron chi connectivity index (χ2n) is 8.54. The van der Waals surface area contributed by atoms with Crippen LogP contribution in [0.5, 0.6) is 0 Å². The Morgan fingerprint density at radius 3 is 1.94 bits per heavy atom. The van der Waals surface area contributed by atoms with Crippen molar-refractivity contribution >= 4 is 58.2 Å². The highest BCUT2D eigenvalue weighted by molar-refractivity contribution is 7.18. The van der Waals surface area contributed by atoms with Gasteiger partial charge < -0.3 is 17.8 Å². The molecule has 34 heavy (non-hydrogen) atoms. The first-order chi connectivity index (χ1) is 16.1. The molecule has 174 valence electrons. The molecular weight excluding hydrogens is 487 g/mol. The number of nitrogens with zero attached hydrogens (tertiary/aromatic N) is 1. The molecule has 0 saturated carbocycles. The van der Waals surface area contributed by atoms with E-state index in [4.69, 9.17) is 4.65 Å². The van der Waals surface area contributed by atoms with E-state index in [1.807, 2.05) is 12.1 Å². The van der Waals surface area contributed by atoms with Gasteiger partial charge in [0.25, 0.3) is 0 Å². The Morgan fingerprint density at radius 2 is 1.38 bits per heavy atom. The number of allylic oxidation sites excluding steroid dienone is 1. The maximum absolute atomic E-state index is 15.3. The normalized spacial score (nSPS) is 15.4. The lowest BCUT2D eigenvalue weighted by molar-refractivity contribution is -0.350. The standard InChI is InChI=1S/C26H24BF2NOS3/c1-15-11-24(31-27(28,29)30(15)20-9-7-6-8-10-20)25-14-23(21-12-16(2)32-18(21)4)26(34-25)22-13-17(3)33-19(22)5/h6-14H,1-5H3. The Labute approximate surface area is 210 Å². The summed E-state index contributed by atoms with van der Waals surface area (Å²) in [5, 5.41) is 0. The summed E-state index contributed by atoms with van der Waals surface area (Å²) in [4.78, 5) is 6.72. The molecule has 0 aliphatic carbocycles. The number of benzene rings is 1. The Hall–Kier alpha value is -2.55. The summed E-state index contributed by atoms with van der Waals surface area (Å²) in [5.74, 6) is 0.224. The minimum Gasteiger partial charge on any atom is -0.598 e. The Bertz CT molecular complexity index is 1400. The Kier molecular flexibility index (Phi) is 5.86. The number of hydrogen-bond acceptors (Lipinski definition) is 4. The van der Waals surface area contributed by atoms with Gasteiger partial charge in [-0.25, -0.2) is 0 Å². The van der Waals surface area contributed by atoms with E-state index < -0.39 is 7.04 Å². The van der Waals surface area contributed by atoms with E-state index in [9.17, 15) is 0 Å². The SMILES string of the molecule is CC1=[N+](c2ccccc2)[B-](F)(F)OC(c2cc(-c3cc(C)sc3C)c(-c3cc(C)sc3C)s2)=C1. The molecule has 2 nitrogen and oxygen atoms in total. The summed E-state index contributed by atoms with van der Waals surface area (Å²) < 4.78 is 37.1. The van der Waals surface area contributed by atoms with Gasteiger partial charge in [0, 0.05) is 60.6 Å². The summed E-state index contributed by atoms with van der Waals surface area (Å²) in [5.41, 5.74) is 4.27. The molecule has 0 bridgehead atoms. The quantitative estimate of drug-likeness (QED) is 0.249. The summed E-state index contributed by atoms with van der Waals surface area (Å²) in [6.07, 6.45) is 1.73. The van der Waals surface area contributed by atoms with Crippen LogP contribution < -0.4 is 0 Å². The second kappa shape index (κ2) is 8.59. The van der Waals surface area contributed by atoms with E-state index in [1.54, 1.807) is 59.9 Å². The fraction of sp³-hybridized carbons (Fsp3) is 0.192. The maximum atomic E-state index is 15.3. The molecule has 1 aromatic carbocycles. The number of aryl methyl sites for hydroxylation is 4. The molecule has 0 saturated heterocycles. The fourth-order valence-electron chi connectivity index (χ4n) is 4.50. The molecule has 0 radical (unpaired) electrons. The number of thiophene rings is 3. The van der Waals surface area contributed by atoms with Crippen LogP contribution >= 0.6 is 34.0 Å². The topological polar surface area (TPSA) is 12.2 Å². The summed E-state index contributed by atoms with van der Waals surface area (Å²) in [7, 11) is -4.27. The van der Waals surface area contributed by atoms with Crippen LogP contribution in [0.2, 0.25) is 0 Å². The van der Waals surface area contributed by atoms with E-state index in [0.717, 1.165) is 26.1 Å². The van der Waals surface area contributed by atoms with Crippen molar-refractivity contribution in [3.05, 3.63) is 79.0 Å². The van der Waals surface area contributed by atoms with Crippen LogP contribution in [-0.2, 0) is 4.65 Å². The minimum absolute atomic E-state index is 0.224. The lowest BCUT2D eigenvalue weighted by Crippen LogP contribution is -2.44. The molecule has 0 fully saturated rings. The van der Waals surface area contributed by atoms with Gasteiger partial charge in [-0.3, -0.25) is 0 Å². The molecule has 4 heterocycles. The van der Waals surface area contributed by atoms with Crippen LogP contribution in [0, 0.1) is 27.7 Å². The number of rotatable bonds is 4. The molecule has 0 amide bonds. The van der Waals surface area contributed by atoms with Gasteiger partial charge in [0.1, 0.15) is 11.5 Å². The Balaban J connectivity index is 1.68. The zero-order chi connectivity index (χ0) is 24.2. The van der Waals surface area contributed by atoms with Gasteiger partial charge in [0.2, 0.25) is 0 Å². The molecule has 0 N–H and O–H groups in total. The third-order valence-electron chi connectivity index (χ3n) is 5.92. The molecule has 0 spiro atoms. The van der Waals surface area contributed by atoms with Crippen molar-refractivity contribution in [3.63, 3.8) is 0 Å². The van der Waals surface area contributed by atoms with Gasteiger partial charge in [0.05, 0.1) is 4.88 Å². The first-order valence-electron chi connectivity index (χ1n) is 11.0. The van der Waals surface area contributed by atoms with Crippen LogP contribution in [0.3, 0.4) is 0 Å². The average Bonchev–Trinajstić information content (AvgIpc) is 3.43. The summed E-state index contributed by atoms with van der Waals surface area (Å²) >= 11 is 5.03. The highest BCUT2D eigenvalue weighted by atomic mass is 32.1. The van der Waals surface area contributed by atoms with Gasteiger partial charge in [-0.1, -0.05) is 18.2 Å². The van der Waals surface area contributed by atoms with E-state index >= 15 is 8.63 Å². The van der Waals surface area contributed by atoms with Crippen molar-refractivity contribution in [2.75, 3.05) is 0 Å². The van der Waals surface area contributed by atoms with Crippen molar-refractivity contribution < 1.29 is 17.8 Å². The molecule has 0 atom stereocenters. The van der Waals surface area contributed by atoms with Crippen LogP contribution in [0.4, 0.5) is 14.3 Å². The third-order valence-corrected chi connectivity index (χ3v) is 9.03. The third kappa shape index (κ3) is 4.08. The highest BCUT2D eigenvalue weighted by Crippen LogP contribution is 2.47. The predicted molar refractivity (Wildman–Crippen MR) is 144 cm³/mol. The van der Waals surface area contributed by atoms with Crippen LogP contribution in [-0.4, -0.2) is 17.2 Å². The molecule has 4 aromatic rings. The average molecular weight is 511 g/mol. The van der Waals surface area contributed by atoms with Gasteiger partial charge >= 0.3 is 7.04 Å². The molecule has 3 aromatic heterocycles. The lowest BCUT2D eigenvalue weighted by atomic mass is 9.97. The highest BCUT2D eigenvalue weighted by Gasteiger charge is 2.51. The minimum atomic E-state index is -4.27. The van der Waals surface area contributed by atoms with Gasteiger partial charge in [0.15, 0.2) is 5.69 Å². The maximum Gasteiger partial charge on any atom is 0.834 e. The number of para-hydroxylation sites is 1. The van der Waals surface area contributed by atoms with Crippen molar-refractivity contribution in [1.82, 2.24) is 0 Å². The van der Waals surface area contributed by atoms with Crippen molar-refractivity contribution in [3.8, 4) is 21.6 Å². The van der Waals surface area contributed by atoms with E-state index in [1.165, 1.54) is 30.8 Å². The number of halogens is 2.